The van der Waals surface area contributed by atoms with Crippen molar-refractivity contribution in [2.45, 2.75) is 11.8 Å². The Morgan fingerprint density at radius 1 is 0.812 bits per heavy atom. The van der Waals surface area contributed by atoms with Crippen LogP contribution in [0.15, 0.2) is 66.7 Å². The molecular formula is C26H18ClNO4. The van der Waals surface area contributed by atoms with Crippen LogP contribution >= 0.6 is 11.6 Å². The number of hydrogen-bond acceptors (Lipinski definition) is 4. The van der Waals surface area contributed by atoms with Crippen molar-refractivity contribution in [1.29, 1.82) is 0 Å². The molecule has 0 radical (unpaired) electrons. The SMILES string of the molecule is COC(=O)c1cc(N2C(=O)[C@@H]3C4c5ccccc5C(c5ccccc54)[C@H]3C2=O)ccc1Cl. The number of carbonyl (C=O) groups excluding carboxylic acids is 3. The zero-order valence-electron chi connectivity index (χ0n) is 17.1. The van der Waals surface area contributed by atoms with Crippen LogP contribution in [0.5, 0.6) is 0 Å². The Morgan fingerprint density at radius 2 is 1.28 bits per heavy atom. The van der Waals surface area contributed by atoms with E-state index in [0.717, 1.165) is 22.3 Å². The molecule has 0 saturated carbocycles. The van der Waals surface area contributed by atoms with Crippen LogP contribution < -0.4 is 4.90 Å². The monoisotopic (exact) mass is 443 g/mol. The summed E-state index contributed by atoms with van der Waals surface area (Å²) in [5.74, 6) is -2.40. The van der Waals surface area contributed by atoms with Crippen LogP contribution in [-0.2, 0) is 14.3 Å². The molecule has 32 heavy (non-hydrogen) atoms. The van der Waals surface area contributed by atoms with E-state index in [2.05, 4.69) is 24.3 Å². The van der Waals surface area contributed by atoms with Gasteiger partial charge < -0.3 is 4.74 Å². The Balaban J connectivity index is 1.52. The molecule has 1 heterocycles. The first kappa shape index (κ1) is 19.3. The standard InChI is InChI=1S/C26H18ClNO4/c1-32-26(31)18-12-13(10-11-19(18)27)28-24(29)22-20-14-6-2-3-7-15(14)21(23(22)25(28)30)17-9-5-4-8-16(17)20/h2-12,20-23H,1H3/t20?,21?,22-,23-/m1/s1. The van der Waals surface area contributed by atoms with E-state index in [1.807, 2.05) is 24.3 Å². The molecule has 3 aliphatic carbocycles. The predicted molar refractivity (Wildman–Crippen MR) is 119 cm³/mol. The summed E-state index contributed by atoms with van der Waals surface area (Å²) in [5, 5.41) is 0.206. The molecule has 3 aromatic rings. The Hall–Kier alpha value is -3.44. The molecule has 2 bridgehead atoms. The number of anilines is 1. The molecule has 0 unspecified atom stereocenters. The number of esters is 1. The number of methoxy groups -OCH3 is 1. The van der Waals surface area contributed by atoms with Crippen molar-refractivity contribution in [3.63, 3.8) is 0 Å². The number of ether oxygens (including phenoxy) is 1. The number of carbonyl (C=O) groups is 3. The number of amides is 2. The molecule has 0 aromatic heterocycles. The largest absolute Gasteiger partial charge is 0.465 e. The van der Waals surface area contributed by atoms with Crippen LogP contribution in [0.25, 0.3) is 0 Å². The molecule has 158 valence electrons. The van der Waals surface area contributed by atoms with E-state index in [-0.39, 0.29) is 34.2 Å². The van der Waals surface area contributed by atoms with Crippen LogP contribution in [0.1, 0.15) is 44.4 Å². The maximum absolute atomic E-state index is 13.8. The van der Waals surface area contributed by atoms with Gasteiger partial charge in [0.05, 0.1) is 35.2 Å². The molecule has 2 amide bonds. The highest BCUT2D eigenvalue weighted by molar-refractivity contribution is 6.34. The molecule has 0 spiro atoms. The van der Waals surface area contributed by atoms with Gasteiger partial charge in [0.15, 0.2) is 0 Å². The number of imide groups is 1. The minimum absolute atomic E-state index is 0.122. The van der Waals surface area contributed by atoms with Crippen molar-refractivity contribution in [2.75, 3.05) is 12.0 Å². The lowest BCUT2D eigenvalue weighted by atomic mass is 9.55. The van der Waals surface area contributed by atoms with Crippen LogP contribution in [0.2, 0.25) is 5.02 Å². The fourth-order valence-electron chi connectivity index (χ4n) is 5.85. The van der Waals surface area contributed by atoms with Gasteiger partial charge in [0.1, 0.15) is 0 Å². The molecule has 3 aromatic carbocycles. The van der Waals surface area contributed by atoms with Crippen molar-refractivity contribution in [1.82, 2.24) is 0 Å². The van der Waals surface area contributed by atoms with Crippen LogP contribution in [0, 0.1) is 11.8 Å². The van der Waals surface area contributed by atoms with Gasteiger partial charge >= 0.3 is 5.97 Å². The Bertz CT molecular complexity index is 1220. The summed E-state index contributed by atoms with van der Waals surface area (Å²) in [7, 11) is 1.26. The second-order valence-electron chi connectivity index (χ2n) is 8.43. The molecule has 0 N–H and O–H groups in total. The topological polar surface area (TPSA) is 63.7 Å². The van der Waals surface area contributed by atoms with Crippen LogP contribution in [-0.4, -0.2) is 24.9 Å². The van der Waals surface area contributed by atoms with E-state index in [1.54, 1.807) is 6.07 Å². The minimum Gasteiger partial charge on any atom is -0.465 e. The van der Waals surface area contributed by atoms with Gasteiger partial charge in [-0.2, -0.15) is 0 Å². The third kappa shape index (κ3) is 2.37. The van der Waals surface area contributed by atoms with Crippen molar-refractivity contribution in [2.24, 2.45) is 11.8 Å². The Labute approximate surface area is 189 Å². The predicted octanol–water partition coefficient (Wildman–Crippen LogP) is 4.52. The van der Waals surface area contributed by atoms with Crippen molar-refractivity contribution >= 4 is 35.1 Å². The second-order valence-corrected chi connectivity index (χ2v) is 8.84. The van der Waals surface area contributed by atoms with Crippen molar-refractivity contribution < 1.29 is 19.1 Å². The first-order valence-electron chi connectivity index (χ1n) is 10.5. The van der Waals surface area contributed by atoms with Crippen molar-refractivity contribution in [3.8, 4) is 0 Å². The van der Waals surface area contributed by atoms with E-state index in [9.17, 15) is 14.4 Å². The maximum Gasteiger partial charge on any atom is 0.339 e. The summed E-state index contributed by atoms with van der Waals surface area (Å²) < 4.78 is 4.80. The quantitative estimate of drug-likeness (QED) is 0.431. The molecule has 4 aliphatic rings. The average molecular weight is 444 g/mol. The molecule has 1 aliphatic heterocycles. The van der Waals surface area contributed by atoms with Gasteiger partial charge in [-0.3, -0.25) is 9.59 Å². The molecule has 7 rings (SSSR count). The average Bonchev–Trinajstić information content (AvgIpc) is 3.09. The fourth-order valence-corrected chi connectivity index (χ4v) is 6.05. The molecular weight excluding hydrogens is 426 g/mol. The lowest BCUT2D eigenvalue weighted by Crippen LogP contribution is -2.41. The fraction of sp³-hybridized carbons (Fsp3) is 0.192. The van der Waals surface area contributed by atoms with Gasteiger partial charge in [0, 0.05) is 11.8 Å². The Kier molecular flexibility index (Phi) is 4.08. The summed E-state index contributed by atoms with van der Waals surface area (Å²) in [5.41, 5.74) is 4.93. The second kappa shape index (κ2) is 6.78. The first-order chi connectivity index (χ1) is 15.5. The van der Waals surface area contributed by atoms with Gasteiger partial charge in [-0.05, 0) is 40.5 Å². The minimum atomic E-state index is -0.617. The van der Waals surface area contributed by atoms with E-state index in [0.29, 0.717) is 5.69 Å². The number of halogens is 1. The first-order valence-corrected chi connectivity index (χ1v) is 10.8. The molecule has 1 saturated heterocycles. The Morgan fingerprint density at radius 3 is 1.72 bits per heavy atom. The highest BCUT2D eigenvalue weighted by Gasteiger charge is 2.61. The van der Waals surface area contributed by atoms with Gasteiger partial charge in [-0.1, -0.05) is 60.1 Å². The summed E-state index contributed by atoms with van der Waals surface area (Å²) in [6.07, 6.45) is 0. The number of rotatable bonds is 2. The number of nitrogens with zero attached hydrogens (tertiary/aromatic N) is 1. The normalized spacial score (nSPS) is 24.8. The molecule has 2 atom stereocenters. The van der Waals surface area contributed by atoms with E-state index in [4.69, 9.17) is 16.3 Å². The van der Waals surface area contributed by atoms with Crippen molar-refractivity contribution in [3.05, 3.63) is 99.6 Å². The van der Waals surface area contributed by atoms with Gasteiger partial charge in [-0.25, -0.2) is 9.69 Å². The smallest absolute Gasteiger partial charge is 0.339 e. The highest BCUT2D eigenvalue weighted by atomic mass is 35.5. The maximum atomic E-state index is 13.8. The molecule has 6 heteroatoms. The van der Waals surface area contributed by atoms with Gasteiger partial charge in [0.25, 0.3) is 0 Å². The summed E-state index contributed by atoms with van der Waals surface area (Å²) in [4.78, 5) is 40.9. The lowest BCUT2D eigenvalue weighted by molar-refractivity contribution is -0.122. The van der Waals surface area contributed by atoms with Crippen LogP contribution in [0.4, 0.5) is 5.69 Å². The zero-order chi connectivity index (χ0) is 22.1. The number of benzene rings is 3. The van der Waals surface area contributed by atoms with Gasteiger partial charge in [-0.15, -0.1) is 0 Å². The van der Waals surface area contributed by atoms with E-state index in [1.165, 1.54) is 24.1 Å². The summed E-state index contributed by atoms with van der Waals surface area (Å²) in [6, 6.07) is 20.8. The molecule has 5 nitrogen and oxygen atoms in total. The lowest BCUT2D eigenvalue weighted by Gasteiger charge is -2.45. The van der Waals surface area contributed by atoms with E-state index >= 15 is 0 Å². The third-order valence-electron chi connectivity index (χ3n) is 7.06. The summed E-state index contributed by atoms with van der Waals surface area (Å²) in [6.45, 7) is 0. The zero-order valence-corrected chi connectivity index (χ0v) is 17.9. The summed E-state index contributed by atoms with van der Waals surface area (Å²) >= 11 is 6.16. The van der Waals surface area contributed by atoms with E-state index < -0.39 is 17.8 Å². The van der Waals surface area contributed by atoms with Crippen LogP contribution in [0.3, 0.4) is 0 Å². The number of hydrogen-bond donors (Lipinski definition) is 0. The van der Waals surface area contributed by atoms with Gasteiger partial charge in [0.2, 0.25) is 11.8 Å². The highest BCUT2D eigenvalue weighted by Crippen LogP contribution is 2.61. The molecule has 1 fully saturated rings. The third-order valence-corrected chi connectivity index (χ3v) is 7.39.